The number of hydrogen-bond acceptors (Lipinski definition) is 9. The number of hydrogen-bond donors (Lipinski definition) is 1. The molecule has 0 aliphatic rings. The van der Waals surface area contributed by atoms with Crippen molar-refractivity contribution in [3.05, 3.63) is 56.8 Å². The molecule has 9 nitrogen and oxygen atoms in total. The van der Waals surface area contributed by atoms with Gasteiger partial charge in [0.1, 0.15) is 10.6 Å². The second-order valence-corrected chi connectivity index (χ2v) is 10.1. The number of rotatable bonds is 8. The number of benzene rings is 1. The van der Waals surface area contributed by atoms with Crippen molar-refractivity contribution in [1.29, 1.82) is 0 Å². The Bertz CT molecular complexity index is 1410. The van der Waals surface area contributed by atoms with Gasteiger partial charge in [0.2, 0.25) is 11.8 Å². The van der Waals surface area contributed by atoms with E-state index in [0.29, 0.717) is 33.6 Å². The van der Waals surface area contributed by atoms with Crippen molar-refractivity contribution in [2.24, 2.45) is 0 Å². The van der Waals surface area contributed by atoms with Gasteiger partial charge in [-0.2, -0.15) is 4.98 Å². The molecular formula is C23H25N5O4S2. The number of anilines is 1. The molecule has 11 heteroatoms. The highest BCUT2D eigenvalue weighted by atomic mass is 32.2. The Morgan fingerprint density at radius 1 is 1.26 bits per heavy atom. The van der Waals surface area contributed by atoms with Crippen LogP contribution in [0.5, 0.6) is 5.75 Å². The van der Waals surface area contributed by atoms with Crippen LogP contribution in [-0.4, -0.2) is 32.7 Å². The average molecular weight is 500 g/mol. The number of nitrogens with one attached hydrogen (secondary N) is 1. The van der Waals surface area contributed by atoms with Crippen LogP contribution in [0.4, 0.5) is 5.69 Å². The molecule has 0 bridgehead atoms. The largest absolute Gasteiger partial charge is 0.495 e. The Morgan fingerprint density at radius 2 is 2.03 bits per heavy atom. The van der Waals surface area contributed by atoms with Crippen LogP contribution in [0, 0.1) is 13.8 Å². The smallest absolute Gasteiger partial charge is 0.263 e. The van der Waals surface area contributed by atoms with Crippen LogP contribution in [0.2, 0.25) is 0 Å². The molecule has 0 aliphatic carbocycles. The molecule has 4 aromatic rings. The SMILES string of the molecule is COc1ccccc1NC(=O)Cc1noc(CSc2nc3sc(C)c(C)c3c(=O)n2C(C)C)n1. The third-order valence-corrected chi connectivity index (χ3v) is 7.29. The summed E-state index contributed by atoms with van der Waals surface area (Å²) in [6, 6.07) is 7.10. The summed E-state index contributed by atoms with van der Waals surface area (Å²) < 4.78 is 12.3. The molecule has 3 heterocycles. The van der Waals surface area contributed by atoms with Gasteiger partial charge in [0.15, 0.2) is 11.0 Å². The molecule has 3 aromatic heterocycles. The van der Waals surface area contributed by atoms with Crippen molar-refractivity contribution >= 4 is 44.9 Å². The summed E-state index contributed by atoms with van der Waals surface area (Å²) in [5.74, 6) is 1.24. The number of carbonyl (C=O) groups is 1. The van der Waals surface area contributed by atoms with Gasteiger partial charge in [0.05, 0.1) is 30.4 Å². The summed E-state index contributed by atoms with van der Waals surface area (Å²) in [5, 5.41) is 7.98. The summed E-state index contributed by atoms with van der Waals surface area (Å²) in [6.45, 7) is 7.87. The first-order valence-corrected chi connectivity index (χ1v) is 12.5. The minimum absolute atomic E-state index is 0.0384. The average Bonchev–Trinajstić information content (AvgIpc) is 3.35. The predicted octanol–water partition coefficient (Wildman–Crippen LogP) is 4.52. The number of ether oxygens (including phenoxy) is 1. The molecule has 178 valence electrons. The Labute approximate surface area is 204 Å². The number of aromatic nitrogens is 4. The van der Waals surface area contributed by atoms with E-state index >= 15 is 0 Å². The second kappa shape index (κ2) is 9.98. The number of para-hydroxylation sites is 2. The fourth-order valence-corrected chi connectivity index (χ4v) is 5.51. The molecule has 34 heavy (non-hydrogen) atoms. The first-order valence-electron chi connectivity index (χ1n) is 10.7. The Balaban J connectivity index is 1.47. The topological polar surface area (TPSA) is 112 Å². The molecular weight excluding hydrogens is 474 g/mol. The molecule has 4 rings (SSSR count). The van der Waals surface area contributed by atoms with Gasteiger partial charge in [-0.15, -0.1) is 11.3 Å². The molecule has 1 aromatic carbocycles. The van der Waals surface area contributed by atoms with Crippen LogP contribution < -0.4 is 15.6 Å². The number of thioether (sulfide) groups is 1. The monoisotopic (exact) mass is 499 g/mol. The minimum Gasteiger partial charge on any atom is -0.495 e. The molecule has 0 saturated carbocycles. The van der Waals surface area contributed by atoms with Gasteiger partial charge in [-0.25, -0.2) is 4.98 Å². The maximum Gasteiger partial charge on any atom is 0.263 e. The molecule has 0 aliphatic heterocycles. The Morgan fingerprint density at radius 3 is 2.76 bits per heavy atom. The van der Waals surface area contributed by atoms with Gasteiger partial charge in [-0.1, -0.05) is 29.1 Å². The van der Waals surface area contributed by atoms with E-state index in [4.69, 9.17) is 14.2 Å². The summed E-state index contributed by atoms with van der Waals surface area (Å²) in [4.78, 5) is 36.5. The molecule has 1 N–H and O–H groups in total. The van der Waals surface area contributed by atoms with Gasteiger partial charge >= 0.3 is 0 Å². The van der Waals surface area contributed by atoms with Crippen molar-refractivity contribution in [2.75, 3.05) is 12.4 Å². The van der Waals surface area contributed by atoms with Crippen molar-refractivity contribution in [3.8, 4) is 5.75 Å². The third-order valence-electron chi connectivity index (χ3n) is 5.25. The van der Waals surface area contributed by atoms with Gasteiger partial charge in [-0.3, -0.25) is 14.2 Å². The van der Waals surface area contributed by atoms with Crippen molar-refractivity contribution in [1.82, 2.24) is 19.7 Å². The number of thiophene rings is 1. The molecule has 0 atom stereocenters. The first kappa shape index (κ1) is 24.0. The summed E-state index contributed by atoms with van der Waals surface area (Å²) in [6.07, 6.45) is -0.0408. The van der Waals surface area contributed by atoms with Crippen LogP contribution >= 0.6 is 23.1 Å². The zero-order chi connectivity index (χ0) is 24.4. The van der Waals surface area contributed by atoms with Crippen molar-refractivity contribution < 1.29 is 14.1 Å². The fourth-order valence-electron chi connectivity index (χ4n) is 3.48. The second-order valence-electron chi connectivity index (χ2n) is 7.94. The van der Waals surface area contributed by atoms with Crippen LogP contribution in [0.15, 0.2) is 38.7 Å². The fraction of sp³-hybridized carbons (Fsp3) is 0.348. The van der Waals surface area contributed by atoms with Crippen LogP contribution in [0.3, 0.4) is 0 Å². The standard InChI is InChI=1S/C23H25N5O4S2/c1-12(2)28-22(30)20-13(3)14(4)34-21(20)26-23(28)33-11-19-25-17(27-32-19)10-18(29)24-15-8-6-7-9-16(15)31-5/h6-9,12H,10-11H2,1-5H3,(H,24,29). The van der Waals surface area contributed by atoms with E-state index in [1.807, 2.05) is 39.8 Å². The third kappa shape index (κ3) is 4.85. The lowest BCUT2D eigenvalue weighted by atomic mass is 10.2. The number of carbonyl (C=O) groups excluding carboxylic acids is 1. The number of nitrogens with zero attached hydrogens (tertiary/aromatic N) is 4. The van der Waals surface area contributed by atoms with E-state index < -0.39 is 0 Å². The van der Waals surface area contributed by atoms with E-state index in [1.54, 1.807) is 23.8 Å². The van der Waals surface area contributed by atoms with Crippen molar-refractivity contribution in [3.63, 3.8) is 0 Å². The normalized spacial score (nSPS) is 11.4. The lowest BCUT2D eigenvalue weighted by molar-refractivity contribution is -0.115. The summed E-state index contributed by atoms with van der Waals surface area (Å²) in [5.41, 5.74) is 1.52. The van der Waals surface area contributed by atoms with Crippen molar-refractivity contribution in [2.45, 2.75) is 51.1 Å². The maximum absolute atomic E-state index is 13.2. The number of fused-ring (bicyclic) bond motifs is 1. The van der Waals surface area contributed by atoms with E-state index in [9.17, 15) is 9.59 Å². The highest BCUT2D eigenvalue weighted by Gasteiger charge is 2.20. The quantitative estimate of drug-likeness (QED) is 0.278. The zero-order valence-electron chi connectivity index (χ0n) is 19.5. The lowest BCUT2D eigenvalue weighted by Gasteiger charge is -2.14. The van der Waals surface area contributed by atoms with E-state index in [1.165, 1.54) is 23.1 Å². The maximum atomic E-state index is 13.2. The zero-order valence-corrected chi connectivity index (χ0v) is 21.2. The number of methoxy groups -OCH3 is 1. The highest BCUT2D eigenvalue weighted by molar-refractivity contribution is 7.98. The molecule has 0 radical (unpaired) electrons. The van der Waals surface area contributed by atoms with Gasteiger partial charge in [0.25, 0.3) is 5.56 Å². The highest BCUT2D eigenvalue weighted by Crippen LogP contribution is 2.30. The number of aryl methyl sites for hydroxylation is 2. The minimum atomic E-state index is -0.284. The summed E-state index contributed by atoms with van der Waals surface area (Å²) >= 11 is 2.88. The Kier molecular flexibility index (Phi) is 7.03. The predicted molar refractivity (Wildman–Crippen MR) is 133 cm³/mol. The Hall–Kier alpha value is -3.18. The molecule has 0 spiro atoms. The molecule has 0 saturated heterocycles. The molecule has 0 unspecified atom stereocenters. The molecule has 1 amide bonds. The van der Waals surface area contributed by atoms with Crippen LogP contribution in [-0.2, 0) is 17.0 Å². The van der Waals surface area contributed by atoms with Gasteiger partial charge in [-0.05, 0) is 45.4 Å². The van der Waals surface area contributed by atoms with Gasteiger partial charge < -0.3 is 14.6 Å². The molecule has 0 fully saturated rings. The van der Waals surface area contributed by atoms with E-state index in [-0.39, 0.29) is 29.8 Å². The first-order chi connectivity index (χ1) is 16.3. The summed E-state index contributed by atoms with van der Waals surface area (Å²) in [7, 11) is 1.54. The lowest BCUT2D eigenvalue weighted by Crippen LogP contribution is -2.24. The van der Waals surface area contributed by atoms with E-state index in [2.05, 4.69) is 15.5 Å². The van der Waals surface area contributed by atoms with Crippen LogP contribution in [0.25, 0.3) is 10.2 Å². The van der Waals surface area contributed by atoms with Crippen LogP contribution in [0.1, 0.15) is 42.0 Å². The van der Waals surface area contributed by atoms with E-state index in [0.717, 1.165) is 15.3 Å². The number of amides is 1. The van der Waals surface area contributed by atoms with Gasteiger partial charge in [0, 0.05) is 10.9 Å².